The van der Waals surface area contributed by atoms with Gasteiger partial charge in [-0.05, 0) is 31.0 Å². The lowest BCUT2D eigenvalue weighted by Crippen LogP contribution is -2.37. The summed E-state index contributed by atoms with van der Waals surface area (Å²) in [6.45, 7) is 5.63. The first-order valence-corrected chi connectivity index (χ1v) is 7.82. The summed E-state index contributed by atoms with van der Waals surface area (Å²) < 4.78 is 27.1. The van der Waals surface area contributed by atoms with Crippen molar-refractivity contribution in [2.45, 2.75) is 38.1 Å². The number of benzene rings is 1. The molecule has 0 aliphatic rings. The summed E-state index contributed by atoms with van der Waals surface area (Å²) in [7, 11) is -3.92. The third kappa shape index (κ3) is 3.71. The summed E-state index contributed by atoms with van der Waals surface area (Å²) >= 11 is 0. The van der Waals surface area contributed by atoms with Gasteiger partial charge in [-0.15, -0.1) is 0 Å². The van der Waals surface area contributed by atoms with Crippen LogP contribution in [0.25, 0.3) is 0 Å². The Morgan fingerprint density at radius 1 is 1.40 bits per heavy atom. The number of rotatable bonds is 6. The molecule has 20 heavy (non-hydrogen) atoms. The Balaban J connectivity index is 3.22. The van der Waals surface area contributed by atoms with Crippen molar-refractivity contribution in [1.29, 1.82) is 0 Å². The molecule has 1 aromatic rings. The lowest BCUT2D eigenvalue weighted by atomic mass is 10.0. The minimum Gasteiger partial charge on any atom is -0.478 e. The minimum absolute atomic E-state index is 0.138. The van der Waals surface area contributed by atoms with Crippen LogP contribution in [-0.4, -0.2) is 25.5 Å². The molecule has 0 saturated heterocycles. The van der Waals surface area contributed by atoms with E-state index in [9.17, 15) is 13.2 Å². The van der Waals surface area contributed by atoms with Gasteiger partial charge in [0.05, 0.1) is 10.5 Å². The third-order valence-electron chi connectivity index (χ3n) is 3.36. The number of hydrogen-bond acceptors (Lipinski definition) is 4. The molecule has 0 bridgehead atoms. The van der Waals surface area contributed by atoms with Crippen molar-refractivity contribution < 1.29 is 18.3 Å². The van der Waals surface area contributed by atoms with Crippen LogP contribution in [0.2, 0.25) is 0 Å². The SMILES string of the molecule is CCC(C)C(C)NS(=O)(=O)c1cc(N)ccc1C(=O)O. The summed E-state index contributed by atoms with van der Waals surface area (Å²) in [6, 6.07) is 3.42. The summed E-state index contributed by atoms with van der Waals surface area (Å²) in [6.07, 6.45) is 0.812. The molecule has 1 rings (SSSR count). The predicted octanol–water partition coefficient (Wildman–Crippen LogP) is 1.68. The summed E-state index contributed by atoms with van der Waals surface area (Å²) in [4.78, 5) is 10.8. The van der Waals surface area contributed by atoms with Gasteiger partial charge < -0.3 is 10.8 Å². The number of carboxylic acids is 1. The van der Waals surface area contributed by atoms with Crippen LogP contribution in [-0.2, 0) is 10.0 Å². The van der Waals surface area contributed by atoms with E-state index in [1.807, 2.05) is 13.8 Å². The second-order valence-electron chi connectivity index (χ2n) is 4.86. The summed E-state index contributed by atoms with van der Waals surface area (Å²) in [5, 5.41) is 9.08. The van der Waals surface area contributed by atoms with Crippen LogP contribution in [0.1, 0.15) is 37.6 Å². The first-order valence-electron chi connectivity index (χ1n) is 6.34. The topological polar surface area (TPSA) is 109 Å². The van der Waals surface area contributed by atoms with Crippen LogP contribution in [0.5, 0.6) is 0 Å². The molecule has 0 amide bonds. The number of carboxylic acid groups (broad SMARTS) is 1. The van der Waals surface area contributed by atoms with Gasteiger partial charge in [0.25, 0.3) is 0 Å². The van der Waals surface area contributed by atoms with Crippen molar-refractivity contribution in [2.75, 3.05) is 5.73 Å². The van der Waals surface area contributed by atoms with Gasteiger partial charge in [-0.3, -0.25) is 0 Å². The number of nitrogens with two attached hydrogens (primary N) is 1. The van der Waals surface area contributed by atoms with Gasteiger partial charge in [0.1, 0.15) is 0 Å². The molecule has 2 unspecified atom stereocenters. The highest BCUT2D eigenvalue weighted by atomic mass is 32.2. The van der Waals surface area contributed by atoms with Crippen molar-refractivity contribution >= 4 is 21.7 Å². The molecule has 0 saturated carbocycles. The Morgan fingerprint density at radius 3 is 2.50 bits per heavy atom. The third-order valence-corrected chi connectivity index (χ3v) is 4.96. The van der Waals surface area contributed by atoms with E-state index in [1.54, 1.807) is 6.92 Å². The van der Waals surface area contributed by atoms with Crippen LogP contribution in [0.3, 0.4) is 0 Å². The molecule has 4 N–H and O–H groups in total. The van der Waals surface area contributed by atoms with E-state index in [4.69, 9.17) is 10.8 Å². The van der Waals surface area contributed by atoms with E-state index >= 15 is 0 Å². The van der Waals surface area contributed by atoms with Gasteiger partial charge in [-0.25, -0.2) is 17.9 Å². The predicted molar refractivity (Wildman–Crippen MR) is 77.1 cm³/mol. The standard InChI is InChI=1S/C13H20N2O4S/c1-4-8(2)9(3)15-20(18,19)12-7-10(14)5-6-11(12)13(16)17/h5-9,15H,4,14H2,1-3H3,(H,16,17). The maximum absolute atomic E-state index is 12.3. The van der Waals surface area contributed by atoms with E-state index in [2.05, 4.69) is 4.72 Å². The Kier molecular flexibility index (Phi) is 5.13. The minimum atomic E-state index is -3.92. The van der Waals surface area contributed by atoms with Crippen LogP contribution < -0.4 is 10.5 Å². The molecule has 0 aliphatic carbocycles. The van der Waals surface area contributed by atoms with E-state index in [1.165, 1.54) is 12.1 Å². The van der Waals surface area contributed by atoms with Gasteiger partial charge >= 0.3 is 5.97 Å². The molecular formula is C13H20N2O4S. The maximum atomic E-state index is 12.3. The Labute approximate surface area is 119 Å². The van der Waals surface area contributed by atoms with Crippen LogP contribution in [0.4, 0.5) is 5.69 Å². The number of nitrogens with one attached hydrogen (secondary N) is 1. The molecule has 2 atom stereocenters. The smallest absolute Gasteiger partial charge is 0.337 e. The molecule has 112 valence electrons. The Bertz CT molecular complexity index is 598. The highest BCUT2D eigenvalue weighted by Crippen LogP contribution is 2.20. The van der Waals surface area contributed by atoms with Crippen molar-refractivity contribution in [1.82, 2.24) is 4.72 Å². The van der Waals surface area contributed by atoms with E-state index in [0.717, 1.165) is 12.5 Å². The number of anilines is 1. The average Bonchev–Trinajstić information content (AvgIpc) is 2.36. The van der Waals surface area contributed by atoms with Crippen molar-refractivity contribution in [3.8, 4) is 0 Å². The van der Waals surface area contributed by atoms with Crippen molar-refractivity contribution in [3.05, 3.63) is 23.8 Å². The normalized spacial score (nSPS) is 14.8. The molecule has 7 heteroatoms. The molecule has 0 heterocycles. The molecule has 0 aliphatic heterocycles. The van der Waals surface area contributed by atoms with Gasteiger partial charge in [0.2, 0.25) is 10.0 Å². The molecule has 1 aromatic carbocycles. The lowest BCUT2D eigenvalue weighted by molar-refractivity contribution is 0.0692. The number of sulfonamides is 1. The van der Waals surface area contributed by atoms with Gasteiger partial charge in [0, 0.05) is 11.7 Å². The van der Waals surface area contributed by atoms with E-state index < -0.39 is 16.0 Å². The van der Waals surface area contributed by atoms with Gasteiger partial charge in [-0.1, -0.05) is 20.3 Å². The first-order chi connectivity index (χ1) is 9.19. The fraction of sp³-hybridized carbons (Fsp3) is 0.462. The van der Waals surface area contributed by atoms with Crippen LogP contribution in [0.15, 0.2) is 23.1 Å². The van der Waals surface area contributed by atoms with Crippen LogP contribution in [0, 0.1) is 5.92 Å². The largest absolute Gasteiger partial charge is 0.478 e. The Hall–Kier alpha value is -1.60. The quantitative estimate of drug-likeness (QED) is 0.692. The number of nitrogen functional groups attached to an aromatic ring is 1. The second kappa shape index (κ2) is 6.23. The molecule has 0 aromatic heterocycles. The second-order valence-corrected chi connectivity index (χ2v) is 6.54. The molecular weight excluding hydrogens is 280 g/mol. The van der Waals surface area contributed by atoms with E-state index in [0.29, 0.717) is 0 Å². The average molecular weight is 300 g/mol. The van der Waals surface area contributed by atoms with Crippen LogP contribution >= 0.6 is 0 Å². The van der Waals surface area contributed by atoms with Crippen molar-refractivity contribution in [3.63, 3.8) is 0 Å². The van der Waals surface area contributed by atoms with Crippen molar-refractivity contribution in [2.24, 2.45) is 5.92 Å². The molecule has 6 nitrogen and oxygen atoms in total. The fourth-order valence-electron chi connectivity index (χ4n) is 1.72. The van der Waals surface area contributed by atoms with Gasteiger partial charge in [-0.2, -0.15) is 0 Å². The highest BCUT2D eigenvalue weighted by Gasteiger charge is 2.25. The summed E-state index contributed by atoms with van der Waals surface area (Å²) in [5.74, 6) is -1.17. The number of hydrogen-bond donors (Lipinski definition) is 3. The zero-order valence-electron chi connectivity index (χ0n) is 11.8. The molecule has 0 fully saturated rings. The number of carbonyl (C=O) groups is 1. The Morgan fingerprint density at radius 2 is 2.00 bits per heavy atom. The van der Waals surface area contributed by atoms with E-state index in [-0.39, 0.29) is 28.1 Å². The maximum Gasteiger partial charge on any atom is 0.337 e. The molecule has 0 spiro atoms. The monoisotopic (exact) mass is 300 g/mol. The summed E-state index contributed by atoms with van der Waals surface area (Å²) in [5.41, 5.74) is 5.47. The highest BCUT2D eigenvalue weighted by molar-refractivity contribution is 7.89. The first kappa shape index (κ1) is 16.5. The van der Waals surface area contributed by atoms with Gasteiger partial charge in [0.15, 0.2) is 0 Å². The fourth-order valence-corrected chi connectivity index (χ4v) is 3.30. The zero-order valence-corrected chi connectivity index (χ0v) is 12.6. The zero-order chi connectivity index (χ0) is 15.5. The lowest BCUT2D eigenvalue weighted by Gasteiger charge is -2.20. The number of aromatic carboxylic acids is 1. The molecule has 0 radical (unpaired) electrons.